The number of rotatable bonds is 14. The SMILES string of the molecule is CCCCC/C=C\C/C(O)=C/C/C=C(O)\C=C\CCCCC(=O)O. The van der Waals surface area contributed by atoms with Crippen molar-refractivity contribution < 1.29 is 20.1 Å². The summed E-state index contributed by atoms with van der Waals surface area (Å²) in [5.41, 5.74) is 0. The van der Waals surface area contributed by atoms with Crippen LogP contribution < -0.4 is 0 Å². The second-order valence-corrected chi connectivity index (χ2v) is 5.77. The molecule has 0 saturated carbocycles. The van der Waals surface area contributed by atoms with Crippen LogP contribution in [0.1, 0.15) is 71.1 Å². The highest BCUT2D eigenvalue weighted by Gasteiger charge is 1.94. The van der Waals surface area contributed by atoms with Gasteiger partial charge in [0.2, 0.25) is 0 Å². The summed E-state index contributed by atoms with van der Waals surface area (Å²) in [6.45, 7) is 2.18. The molecule has 0 atom stereocenters. The third-order valence-corrected chi connectivity index (χ3v) is 3.45. The highest BCUT2D eigenvalue weighted by Crippen LogP contribution is 2.06. The molecule has 0 bridgehead atoms. The third kappa shape index (κ3) is 16.4. The van der Waals surface area contributed by atoms with Crippen LogP contribution in [0, 0.1) is 0 Å². The van der Waals surface area contributed by atoms with E-state index in [1.54, 1.807) is 18.2 Å². The number of hydrogen-bond acceptors (Lipinski definition) is 3. The molecule has 4 nitrogen and oxygen atoms in total. The van der Waals surface area contributed by atoms with Crippen molar-refractivity contribution >= 4 is 5.97 Å². The zero-order valence-electron chi connectivity index (χ0n) is 14.8. The highest BCUT2D eigenvalue weighted by atomic mass is 16.4. The van der Waals surface area contributed by atoms with Gasteiger partial charge in [0.1, 0.15) is 5.76 Å². The molecular weight excluding hydrogens is 304 g/mol. The molecule has 0 rings (SSSR count). The molecule has 3 N–H and O–H groups in total. The minimum absolute atomic E-state index is 0.160. The van der Waals surface area contributed by atoms with E-state index in [2.05, 4.69) is 13.0 Å². The molecule has 4 heteroatoms. The van der Waals surface area contributed by atoms with Crippen LogP contribution in [-0.2, 0) is 4.79 Å². The molecule has 0 unspecified atom stereocenters. The van der Waals surface area contributed by atoms with Crippen LogP contribution in [0.3, 0.4) is 0 Å². The molecule has 0 aliphatic carbocycles. The van der Waals surface area contributed by atoms with Gasteiger partial charge in [-0.3, -0.25) is 4.79 Å². The summed E-state index contributed by atoms with van der Waals surface area (Å²) < 4.78 is 0. The maximum atomic E-state index is 10.3. The Morgan fingerprint density at radius 3 is 2.29 bits per heavy atom. The molecule has 0 fully saturated rings. The molecule has 0 aliphatic heterocycles. The summed E-state index contributed by atoms with van der Waals surface area (Å²) in [5, 5.41) is 27.9. The molecule has 0 heterocycles. The average Bonchev–Trinajstić information content (AvgIpc) is 2.53. The fraction of sp³-hybridized carbons (Fsp3) is 0.550. The number of hydrogen-bond donors (Lipinski definition) is 3. The zero-order chi connectivity index (χ0) is 18.0. The average molecular weight is 336 g/mol. The van der Waals surface area contributed by atoms with Crippen LogP contribution in [0.25, 0.3) is 0 Å². The molecule has 136 valence electrons. The van der Waals surface area contributed by atoms with Crippen LogP contribution in [0.15, 0.2) is 48.0 Å². The molecule has 0 aromatic carbocycles. The van der Waals surface area contributed by atoms with Gasteiger partial charge < -0.3 is 15.3 Å². The lowest BCUT2D eigenvalue weighted by Crippen LogP contribution is -1.92. The molecule has 0 aliphatic rings. The minimum Gasteiger partial charge on any atom is -0.512 e. The van der Waals surface area contributed by atoms with Gasteiger partial charge >= 0.3 is 5.97 Å². The van der Waals surface area contributed by atoms with Crippen molar-refractivity contribution in [3.63, 3.8) is 0 Å². The van der Waals surface area contributed by atoms with Gasteiger partial charge in [0.15, 0.2) is 0 Å². The van der Waals surface area contributed by atoms with E-state index in [4.69, 9.17) is 5.11 Å². The second kappa shape index (κ2) is 15.9. The van der Waals surface area contributed by atoms with Gasteiger partial charge in [0, 0.05) is 12.8 Å². The van der Waals surface area contributed by atoms with E-state index in [1.807, 2.05) is 12.2 Å². The van der Waals surface area contributed by atoms with Crippen LogP contribution in [0.4, 0.5) is 0 Å². The minimum atomic E-state index is -0.774. The Morgan fingerprint density at radius 2 is 1.58 bits per heavy atom. The normalized spacial score (nSPS) is 13.2. The molecule has 0 radical (unpaired) electrons. The van der Waals surface area contributed by atoms with Crippen molar-refractivity contribution in [1.82, 2.24) is 0 Å². The predicted molar refractivity (Wildman–Crippen MR) is 99.2 cm³/mol. The van der Waals surface area contributed by atoms with Crippen molar-refractivity contribution in [2.45, 2.75) is 71.1 Å². The second-order valence-electron chi connectivity index (χ2n) is 5.77. The first kappa shape index (κ1) is 22.0. The number of allylic oxidation sites excluding steroid dienone is 6. The maximum absolute atomic E-state index is 10.3. The van der Waals surface area contributed by atoms with E-state index in [0.717, 1.165) is 19.3 Å². The summed E-state index contributed by atoms with van der Waals surface area (Å²) in [5.74, 6) is -0.306. The Balaban J connectivity index is 3.86. The van der Waals surface area contributed by atoms with Gasteiger partial charge in [-0.05, 0) is 56.8 Å². The fourth-order valence-electron chi connectivity index (χ4n) is 2.04. The van der Waals surface area contributed by atoms with E-state index in [-0.39, 0.29) is 12.2 Å². The summed E-state index contributed by atoms with van der Waals surface area (Å²) >= 11 is 0. The summed E-state index contributed by atoms with van der Waals surface area (Å²) in [6, 6.07) is 0. The molecule has 0 aromatic rings. The molecule has 0 aromatic heterocycles. The smallest absolute Gasteiger partial charge is 0.303 e. The standard InChI is InChI=1S/C20H32O4/c1-2-3-4-5-6-9-13-18(21)15-12-16-19(22)14-10-7-8-11-17-20(23)24/h6,9-10,14-16,21-22H,2-5,7-8,11-13,17H2,1H3,(H,23,24)/b9-6-,14-10+,18-15-,19-16+. The lowest BCUT2D eigenvalue weighted by molar-refractivity contribution is -0.137. The van der Waals surface area contributed by atoms with E-state index in [1.165, 1.54) is 19.3 Å². The molecule has 0 amide bonds. The number of carbonyl (C=O) groups is 1. The predicted octanol–water partition coefficient (Wildman–Crippen LogP) is 5.99. The van der Waals surface area contributed by atoms with Crippen LogP contribution in [-0.4, -0.2) is 21.3 Å². The van der Waals surface area contributed by atoms with Crippen molar-refractivity contribution in [3.05, 3.63) is 48.0 Å². The van der Waals surface area contributed by atoms with E-state index in [0.29, 0.717) is 25.0 Å². The topological polar surface area (TPSA) is 77.8 Å². The van der Waals surface area contributed by atoms with E-state index in [9.17, 15) is 15.0 Å². The third-order valence-electron chi connectivity index (χ3n) is 3.45. The van der Waals surface area contributed by atoms with Gasteiger partial charge in [-0.15, -0.1) is 0 Å². The Hall–Kier alpha value is -1.97. The van der Waals surface area contributed by atoms with Crippen molar-refractivity contribution in [1.29, 1.82) is 0 Å². The number of carboxylic acid groups (broad SMARTS) is 1. The lowest BCUT2D eigenvalue weighted by Gasteiger charge is -1.96. The number of carboxylic acids is 1. The largest absolute Gasteiger partial charge is 0.512 e. The van der Waals surface area contributed by atoms with Crippen molar-refractivity contribution in [2.75, 3.05) is 0 Å². The van der Waals surface area contributed by atoms with Crippen LogP contribution in [0.5, 0.6) is 0 Å². The van der Waals surface area contributed by atoms with Gasteiger partial charge in [-0.25, -0.2) is 0 Å². The highest BCUT2D eigenvalue weighted by molar-refractivity contribution is 5.66. The molecule has 24 heavy (non-hydrogen) atoms. The molecule has 0 saturated heterocycles. The molecular formula is C20H32O4. The Bertz CT molecular complexity index is 445. The summed E-state index contributed by atoms with van der Waals surface area (Å²) in [4.78, 5) is 10.3. The zero-order valence-corrected chi connectivity index (χ0v) is 14.8. The fourth-order valence-corrected chi connectivity index (χ4v) is 2.04. The first-order chi connectivity index (χ1) is 11.6. The van der Waals surface area contributed by atoms with Crippen LogP contribution >= 0.6 is 0 Å². The Kier molecular flexibility index (Phi) is 14.6. The number of aliphatic carboxylic acids is 1. The molecule has 0 spiro atoms. The Morgan fingerprint density at radius 1 is 0.875 bits per heavy atom. The quantitative estimate of drug-likeness (QED) is 0.158. The maximum Gasteiger partial charge on any atom is 0.303 e. The number of aliphatic hydroxyl groups excluding tert-OH is 2. The number of unbranched alkanes of at least 4 members (excludes halogenated alkanes) is 5. The van der Waals surface area contributed by atoms with E-state index < -0.39 is 5.97 Å². The number of aliphatic hydroxyl groups is 2. The lowest BCUT2D eigenvalue weighted by atomic mass is 10.2. The first-order valence-electron chi connectivity index (χ1n) is 8.86. The van der Waals surface area contributed by atoms with Crippen molar-refractivity contribution in [2.24, 2.45) is 0 Å². The van der Waals surface area contributed by atoms with E-state index >= 15 is 0 Å². The monoisotopic (exact) mass is 336 g/mol. The van der Waals surface area contributed by atoms with Crippen molar-refractivity contribution in [3.8, 4) is 0 Å². The first-order valence-corrected chi connectivity index (χ1v) is 8.86. The van der Waals surface area contributed by atoms with Crippen LogP contribution in [0.2, 0.25) is 0 Å². The summed E-state index contributed by atoms with van der Waals surface area (Å²) in [7, 11) is 0. The van der Waals surface area contributed by atoms with Gasteiger partial charge in [0.05, 0.1) is 5.76 Å². The Labute approximate surface area is 145 Å². The van der Waals surface area contributed by atoms with Gasteiger partial charge in [0.25, 0.3) is 0 Å². The summed E-state index contributed by atoms with van der Waals surface area (Å²) in [6.07, 6.45) is 18.9. The van der Waals surface area contributed by atoms with Gasteiger partial charge in [-0.1, -0.05) is 38.0 Å². The van der Waals surface area contributed by atoms with Gasteiger partial charge in [-0.2, -0.15) is 0 Å².